The summed E-state index contributed by atoms with van der Waals surface area (Å²) in [4.78, 5) is 13.0. The third-order valence-corrected chi connectivity index (χ3v) is 6.34. The van der Waals surface area contributed by atoms with Crippen LogP contribution in [0.2, 0.25) is 0 Å². The van der Waals surface area contributed by atoms with E-state index in [1.165, 1.54) is 0 Å². The van der Waals surface area contributed by atoms with Crippen molar-refractivity contribution in [3.63, 3.8) is 0 Å². The van der Waals surface area contributed by atoms with Gasteiger partial charge in [0.05, 0.1) is 22.8 Å². The lowest BCUT2D eigenvalue weighted by Gasteiger charge is -2.09. The number of nitrogens with one attached hydrogen (secondary N) is 1. The molecule has 0 spiro atoms. The molecule has 0 fully saturated rings. The van der Waals surface area contributed by atoms with Gasteiger partial charge in [-0.05, 0) is 64.5 Å². The predicted molar refractivity (Wildman–Crippen MR) is 131 cm³/mol. The zero-order chi connectivity index (χ0) is 22.4. The molecule has 0 bridgehead atoms. The number of aromatic nitrogens is 3. The van der Waals surface area contributed by atoms with E-state index >= 15 is 0 Å². The second kappa shape index (κ2) is 7.84. The van der Waals surface area contributed by atoms with E-state index in [1.54, 1.807) is 7.11 Å². The number of anilines is 1. The van der Waals surface area contributed by atoms with Crippen LogP contribution in [-0.4, -0.2) is 27.4 Å². The molecule has 0 radical (unpaired) electrons. The van der Waals surface area contributed by atoms with Crippen LogP contribution >= 0.6 is 15.9 Å². The molecule has 6 nitrogen and oxygen atoms in total. The smallest absolute Gasteiger partial charge is 0.255 e. The first-order valence-electron chi connectivity index (χ1n) is 10.1. The van der Waals surface area contributed by atoms with Crippen molar-refractivity contribution in [2.24, 2.45) is 14.1 Å². The minimum absolute atomic E-state index is 0.184. The largest absolute Gasteiger partial charge is 0.496 e. The van der Waals surface area contributed by atoms with Crippen molar-refractivity contribution in [3.05, 3.63) is 76.8 Å². The molecule has 0 saturated carbocycles. The Morgan fingerprint density at radius 2 is 1.81 bits per heavy atom. The van der Waals surface area contributed by atoms with Gasteiger partial charge in [-0.2, -0.15) is 5.10 Å². The van der Waals surface area contributed by atoms with Gasteiger partial charge in [-0.15, -0.1) is 0 Å². The summed E-state index contributed by atoms with van der Waals surface area (Å²) in [7, 11) is 5.56. The molecule has 2 heterocycles. The van der Waals surface area contributed by atoms with Gasteiger partial charge in [-0.25, -0.2) is 0 Å². The molecule has 3 aromatic carbocycles. The summed E-state index contributed by atoms with van der Waals surface area (Å²) in [5.41, 5.74) is 5.21. The Labute approximate surface area is 193 Å². The van der Waals surface area contributed by atoms with E-state index in [0.29, 0.717) is 17.0 Å². The maximum absolute atomic E-state index is 13.0. The van der Waals surface area contributed by atoms with Crippen LogP contribution in [0.4, 0.5) is 5.69 Å². The van der Waals surface area contributed by atoms with Crippen LogP contribution in [0.5, 0.6) is 5.75 Å². The number of halogens is 1. The molecule has 0 aliphatic rings. The Morgan fingerprint density at radius 3 is 2.56 bits per heavy atom. The highest BCUT2D eigenvalue weighted by molar-refractivity contribution is 9.10. The zero-order valence-corrected chi connectivity index (χ0v) is 19.5. The van der Waals surface area contributed by atoms with Crippen molar-refractivity contribution in [3.8, 4) is 17.1 Å². The molecule has 7 heteroatoms. The van der Waals surface area contributed by atoms with Crippen LogP contribution in [0.3, 0.4) is 0 Å². The minimum atomic E-state index is -0.184. The van der Waals surface area contributed by atoms with Crippen LogP contribution < -0.4 is 10.1 Å². The number of amides is 1. The number of methoxy groups -OCH3 is 1. The first kappa shape index (κ1) is 20.3. The SMILES string of the molecule is COc1ccc(NC(=O)c2ccc3c(c2)c(-c2cc4ccccc4n2C)nn3C)cc1Br. The van der Waals surface area contributed by atoms with E-state index in [9.17, 15) is 4.79 Å². The fourth-order valence-corrected chi connectivity index (χ4v) is 4.60. The molecule has 0 aliphatic carbocycles. The Hall–Kier alpha value is -3.58. The number of benzene rings is 3. The molecule has 1 amide bonds. The van der Waals surface area contributed by atoms with Crippen LogP contribution in [0.1, 0.15) is 10.4 Å². The molecule has 0 unspecified atom stereocenters. The first-order valence-corrected chi connectivity index (χ1v) is 10.9. The van der Waals surface area contributed by atoms with E-state index in [-0.39, 0.29) is 5.91 Å². The quantitative estimate of drug-likeness (QED) is 0.350. The molecular weight excluding hydrogens is 468 g/mol. The van der Waals surface area contributed by atoms with Crippen molar-refractivity contribution in [2.75, 3.05) is 12.4 Å². The molecule has 0 saturated heterocycles. The standard InChI is InChI=1S/C25H21BrN4O2/c1-29-20-7-5-4-6-15(20)13-22(29)24-18-12-16(8-10-21(18)30(2)28-24)25(31)27-17-9-11-23(32-3)19(26)14-17/h4-14H,1-3H3,(H,27,31). The normalized spacial score (nSPS) is 11.2. The van der Waals surface area contributed by atoms with Crippen molar-refractivity contribution in [1.82, 2.24) is 14.3 Å². The average molecular weight is 489 g/mol. The highest BCUT2D eigenvalue weighted by atomic mass is 79.9. The summed E-state index contributed by atoms with van der Waals surface area (Å²) >= 11 is 3.46. The summed E-state index contributed by atoms with van der Waals surface area (Å²) in [5, 5.41) is 9.82. The molecule has 5 rings (SSSR count). The Morgan fingerprint density at radius 1 is 1.00 bits per heavy atom. The Kier molecular flexibility index (Phi) is 4.98. The summed E-state index contributed by atoms with van der Waals surface area (Å²) < 4.78 is 10.0. The monoisotopic (exact) mass is 488 g/mol. The summed E-state index contributed by atoms with van der Waals surface area (Å²) in [6, 6.07) is 21.5. The molecule has 32 heavy (non-hydrogen) atoms. The summed E-state index contributed by atoms with van der Waals surface area (Å²) in [6.45, 7) is 0. The highest BCUT2D eigenvalue weighted by Gasteiger charge is 2.17. The van der Waals surface area contributed by atoms with Gasteiger partial charge in [0, 0.05) is 41.6 Å². The van der Waals surface area contributed by atoms with Gasteiger partial charge in [-0.3, -0.25) is 9.48 Å². The van der Waals surface area contributed by atoms with Crippen LogP contribution in [0.15, 0.2) is 71.2 Å². The molecular formula is C25H21BrN4O2. The van der Waals surface area contributed by atoms with E-state index in [0.717, 1.165) is 37.7 Å². The maximum atomic E-state index is 13.0. The number of hydrogen-bond acceptors (Lipinski definition) is 3. The van der Waals surface area contributed by atoms with Crippen molar-refractivity contribution < 1.29 is 9.53 Å². The van der Waals surface area contributed by atoms with Crippen LogP contribution in [0, 0.1) is 0 Å². The number of hydrogen-bond donors (Lipinski definition) is 1. The van der Waals surface area contributed by atoms with E-state index in [4.69, 9.17) is 9.84 Å². The van der Waals surface area contributed by atoms with Gasteiger partial charge < -0.3 is 14.6 Å². The highest BCUT2D eigenvalue weighted by Crippen LogP contribution is 2.33. The first-order chi connectivity index (χ1) is 15.5. The number of rotatable bonds is 4. The van der Waals surface area contributed by atoms with E-state index < -0.39 is 0 Å². The predicted octanol–water partition coefficient (Wildman–Crippen LogP) is 5.76. The van der Waals surface area contributed by atoms with Crippen molar-refractivity contribution in [1.29, 1.82) is 0 Å². The number of aryl methyl sites for hydroxylation is 2. The van der Waals surface area contributed by atoms with E-state index in [2.05, 4.69) is 44.0 Å². The number of fused-ring (bicyclic) bond motifs is 2. The van der Waals surface area contributed by atoms with Gasteiger partial charge in [0.15, 0.2) is 0 Å². The molecule has 0 atom stereocenters. The molecule has 2 aromatic heterocycles. The van der Waals surface area contributed by atoms with Gasteiger partial charge in [0.25, 0.3) is 5.91 Å². The number of ether oxygens (including phenoxy) is 1. The van der Waals surface area contributed by atoms with Crippen molar-refractivity contribution >= 4 is 49.3 Å². The third kappa shape index (κ3) is 3.35. The maximum Gasteiger partial charge on any atom is 0.255 e. The third-order valence-electron chi connectivity index (χ3n) is 5.72. The number of nitrogens with zero attached hydrogens (tertiary/aromatic N) is 3. The fourth-order valence-electron chi connectivity index (χ4n) is 4.06. The van der Waals surface area contributed by atoms with Gasteiger partial charge in [0.2, 0.25) is 0 Å². The van der Waals surface area contributed by atoms with Gasteiger partial charge >= 0.3 is 0 Å². The lowest BCUT2D eigenvalue weighted by atomic mass is 10.1. The van der Waals surface area contributed by atoms with E-state index in [1.807, 2.05) is 67.3 Å². The minimum Gasteiger partial charge on any atom is -0.496 e. The lowest BCUT2D eigenvalue weighted by Crippen LogP contribution is -2.11. The second-order valence-corrected chi connectivity index (χ2v) is 8.51. The van der Waals surface area contributed by atoms with Gasteiger partial charge in [0.1, 0.15) is 11.4 Å². The second-order valence-electron chi connectivity index (χ2n) is 7.66. The number of para-hydroxylation sites is 1. The molecule has 0 aliphatic heterocycles. The molecule has 5 aromatic rings. The number of carbonyl (C=O) groups is 1. The van der Waals surface area contributed by atoms with Crippen molar-refractivity contribution in [2.45, 2.75) is 0 Å². The Bertz CT molecular complexity index is 1500. The Balaban J connectivity index is 1.55. The fraction of sp³-hybridized carbons (Fsp3) is 0.120. The van der Waals surface area contributed by atoms with Gasteiger partial charge in [-0.1, -0.05) is 18.2 Å². The zero-order valence-electron chi connectivity index (χ0n) is 17.9. The lowest BCUT2D eigenvalue weighted by molar-refractivity contribution is 0.102. The molecule has 1 N–H and O–H groups in total. The topological polar surface area (TPSA) is 61.1 Å². The summed E-state index contributed by atoms with van der Waals surface area (Å²) in [5.74, 6) is 0.523. The molecule has 160 valence electrons. The van der Waals surface area contributed by atoms with Crippen LogP contribution in [-0.2, 0) is 14.1 Å². The average Bonchev–Trinajstić information content (AvgIpc) is 3.30. The summed E-state index contributed by atoms with van der Waals surface area (Å²) in [6.07, 6.45) is 0. The number of carbonyl (C=O) groups excluding carboxylic acids is 1. The van der Waals surface area contributed by atoms with Crippen LogP contribution in [0.25, 0.3) is 33.2 Å².